The first kappa shape index (κ1) is 32.3. The molecule has 0 bridgehead atoms. The first-order chi connectivity index (χ1) is 21.0. The highest BCUT2D eigenvalue weighted by molar-refractivity contribution is 6.30. The Hall–Kier alpha value is -3.64. The van der Waals surface area contributed by atoms with E-state index >= 15 is 0 Å². The van der Waals surface area contributed by atoms with E-state index in [1.165, 1.54) is 43.5 Å². The summed E-state index contributed by atoms with van der Waals surface area (Å²) in [5, 5.41) is 20.7. The molecule has 1 atom stereocenters. The number of halogens is 1. The average Bonchev–Trinajstić information content (AvgIpc) is 3.03. The molecule has 1 unspecified atom stereocenters. The number of likely N-dealkylation sites (tertiary alicyclic amines) is 1. The van der Waals surface area contributed by atoms with Crippen molar-refractivity contribution in [3.63, 3.8) is 0 Å². The van der Waals surface area contributed by atoms with E-state index in [-0.39, 0.29) is 11.9 Å². The van der Waals surface area contributed by atoms with Crippen LogP contribution in [0, 0.1) is 16.9 Å². The Bertz CT molecular complexity index is 1290. The summed E-state index contributed by atoms with van der Waals surface area (Å²) in [6.07, 6.45) is 9.28. The summed E-state index contributed by atoms with van der Waals surface area (Å²) < 4.78 is 6.08. The average molecular weight is 602 g/mol. The highest BCUT2D eigenvalue weighted by Gasteiger charge is 2.17. The molecule has 4 rings (SSSR count). The van der Waals surface area contributed by atoms with Gasteiger partial charge in [0.15, 0.2) is 6.19 Å². The van der Waals surface area contributed by atoms with Crippen LogP contribution in [0.5, 0.6) is 5.75 Å². The fourth-order valence-electron chi connectivity index (χ4n) is 5.54. The van der Waals surface area contributed by atoms with Crippen LogP contribution < -0.4 is 10.1 Å². The largest absolute Gasteiger partial charge is 0.494 e. The second-order valence-corrected chi connectivity index (χ2v) is 11.6. The molecule has 2 N–H and O–H groups in total. The van der Waals surface area contributed by atoms with E-state index in [1.807, 2.05) is 47.6 Å². The minimum absolute atomic E-state index is 0.118. The van der Waals surface area contributed by atoms with Crippen LogP contribution in [0.15, 0.2) is 72.9 Å². The van der Waals surface area contributed by atoms with Crippen LogP contribution in [-0.2, 0) is 6.54 Å². The van der Waals surface area contributed by atoms with Crippen molar-refractivity contribution in [3.8, 4) is 11.9 Å². The number of hydrogen-bond acceptors (Lipinski definition) is 6. The molecule has 0 amide bonds. The van der Waals surface area contributed by atoms with E-state index in [2.05, 4.69) is 63.5 Å². The van der Waals surface area contributed by atoms with Crippen molar-refractivity contribution in [2.45, 2.75) is 44.6 Å². The SMILES string of the molecule is CN(CCC(c1ccc(Cl)cc1)c1ccccn1)CCN(CCCOc1cccc(CN2CCCCC2)c1)C(=N)NC#N. The van der Waals surface area contributed by atoms with Gasteiger partial charge in [-0.15, -0.1) is 0 Å². The van der Waals surface area contributed by atoms with E-state index in [0.29, 0.717) is 19.7 Å². The summed E-state index contributed by atoms with van der Waals surface area (Å²) >= 11 is 6.14. The lowest BCUT2D eigenvalue weighted by molar-refractivity contribution is 0.220. The molecule has 0 saturated carbocycles. The van der Waals surface area contributed by atoms with Gasteiger partial charge < -0.3 is 14.5 Å². The molecule has 8 nitrogen and oxygen atoms in total. The molecular weight excluding hydrogens is 558 g/mol. The molecule has 3 aromatic rings. The first-order valence-corrected chi connectivity index (χ1v) is 15.7. The third-order valence-electron chi connectivity index (χ3n) is 7.95. The van der Waals surface area contributed by atoms with Gasteiger partial charge in [0.2, 0.25) is 5.96 Å². The summed E-state index contributed by atoms with van der Waals surface area (Å²) in [5.74, 6) is 1.16. The van der Waals surface area contributed by atoms with Crippen LogP contribution in [0.25, 0.3) is 0 Å². The monoisotopic (exact) mass is 601 g/mol. The van der Waals surface area contributed by atoms with Gasteiger partial charge in [0.05, 0.1) is 6.61 Å². The maximum Gasteiger partial charge on any atom is 0.204 e. The molecule has 0 spiro atoms. The Morgan fingerprint density at radius 3 is 2.60 bits per heavy atom. The maximum atomic E-state index is 9.12. The van der Waals surface area contributed by atoms with E-state index in [9.17, 15) is 0 Å². The van der Waals surface area contributed by atoms with Crippen molar-refractivity contribution in [2.75, 3.05) is 52.9 Å². The third kappa shape index (κ3) is 10.9. The molecular formula is C34H44ClN7O. The predicted molar refractivity (Wildman–Crippen MR) is 173 cm³/mol. The number of nitriles is 1. The number of hydrogen-bond donors (Lipinski definition) is 2. The Morgan fingerprint density at radius 1 is 1.05 bits per heavy atom. The standard InChI is InChI=1S/C34H44ClN7O/c1-40(21-16-32(33-11-3-4-17-38-33)29-12-14-30(35)15-13-29)22-23-42(34(37)39-27-36)20-8-24-43-31-10-7-9-28(25-31)26-41-18-5-2-6-19-41/h3-4,7,9-15,17,25,32H,2,5-6,8,16,18-24,26H2,1H3,(H2,37,39). The molecule has 2 aromatic carbocycles. The zero-order valence-electron chi connectivity index (χ0n) is 25.2. The normalized spacial score (nSPS) is 14.2. The summed E-state index contributed by atoms with van der Waals surface area (Å²) in [7, 11) is 2.09. The quantitative estimate of drug-likeness (QED) is 0.0731. The number of nitrogens with one attached hydrogen (secondary N) is 2. The van der Waals surface area contributed by atoms with Gasteiger partial charge in [0, 0.05) is 49.0 Å². The Morgan fingerprint density at radius 2 is 1.86 bits per heavy atom. The molecule has 1 aliphatic rings. The van der Waals surface area contributed by atoms with Gasteiger partial charge in [0.25, 0.3) is 0 Å². The van der Waals surface area contributed by atoms with Crippen molar-refractivity contribution >= 4 is 17.6 Å². The van der Waals surface area contributed by atoms with Crippen molar-refractivity contribution in [2.24, 2.45) is 0 Å². The molecule has 9 heteroatoms. The van der Waals surface area contributed by atoms with Crippen LogP contribution in [0.4, 0.5) is 0 Å². The van der Waals surface area contributed by atoms with Crippen LogP contribution in [0.2, 0.25) is 5.02 Å². The summed E-state index contributed by atoms with van der Waals surface area (Å²) in [5.41, 5.74) is 3.51. The zero-order valence-corrected chi connectivity index (χ0v) is 26.0. The van der Waals surface area contributed by atoms with E-state index < -0.39 is 0 Å². The number of ether oxygens (including phenoxy) is 1. The second-order valence-electron chi connectivity index (χ2n) is 11.2. The highest BCUT2D eigenvalue weighted by atomic mass is 35.5. The molecule has 1 fully saturated rings. The van der Waals surface area contributed by atoms with Crippen LogP contribution in [0.3, 0.4) is 0 Å². The van der Waals surface area contributed by atoms with E-state index in [1.54, 1.807) is 0 Å². The Labute approximate surface area is 261 Å². The van der Waals surface area contributed by atoms with Gasteiger partial charge in [-0.2, -0.15) is 5.26 Å². The lowest BCUT2D eigenvalue weighted by Gasteiger charge is -2.28. The molecule has 0 aliphatic carbocycles. The van der Waals surface area contributed by atoms with Crippen molar-refractivity contribution in [1.82, 2.24) is 25.0 Å². The van der Waals surface area contributed by atoms with E-state index in [4.69, 9.17) is 27.0 Å². The fourth-order valence-corrected chi connectivity index (χ4v) is 5.66. The smallest absolute Gasteiger partial charge is 0.204 e. The lowest BCUT2D eigenvalue weighted by Crippen LogP contribution is -2.43. The fraction of sp³-hybridized carbons (Fsp3) is 0.441. The van der Waals surface area contributed by atoms with Crippen molar-refractivity contribution in [1.29, 1.82) is 10.7 Å². The maximum absolute atomic E-state index is 9.12. The number of likely N-dealkylation sites (N-methyl/N-ethyl adjacent to an activating group) is 1. The number of aromatic nitrogens is 1. The second kappa shape index (κ2) is 17.5. The Balaban J connectivity index is 1.25. The number of guanidine groups is 1. The van der Waals surface area contributed by atoms with Gasteiger partial charge in [-0.25, -0.2) is 0 Å². The van der Waals surface area contributed by atoms with Crippen LogP contribution >= 0.6 is 11.6 Å². The molecule has 1 aromatic heterocycles. The number of rotatable bonds is 15. The van der Waals surface area contributed by atoms with Crippen LogP contribution in [-0.4, -0.2) is 78.6 Å². The van der Waals surface area contributed by atoms with Gasteiger partial charge in [-0.05, 0) is 99.9 Å². The molecule has 228 valence electrons. The lowest BCUT2D eigenvalue weighted by atomic mass is 9.92. The molecule has 0 radical (unpaired) electrons. The van der Waals surface area contributed by atoms with Crippen LogP contribution in [0.1, 0.15) is 54.8 Å². The topological polar surface area (TPSA) is 91.5 Å². The first-order valence-electron chi connectivity index (χ1n) is 15.3. The van der Waals surface area contributed by atoms with Crippen molar-refractivity contribution < 1.29 is 4.74 Å². The highest BCUT2D eigenvalue weighted by Crippen LogP contribution is 2.28. The third-order valence-corrected chi connectivity index (χ3v) is 8.21. The van der Waals surface area contributed by atoms with E-state index in [0.717, 1.165) is 48.9 Å². The summed E-state index contributed by atoms with van der Waals surface area (Å²) in [4.78, 5) is 11.3. The number of pyridine rings is 1. The van der Waals surface area contributed by atoms with Gasteiger partial charge >= 0.3 is 0 Å². The minimum Gasteiger partial charge on any atom is -0.494 e. The summed E-state index contributed by atoms with van der Waals surface area (Å²) in [6.45, 7) is 6.72. The van der Waals surface area contributed by atoms with Crippen molar-refractivity contribution in [3.05, 3.63) is 94.8 Å². The Kier molecular flexibility index (Phi) is 13.1. The minimum atomic E-state index is 0.118. The predicted octanol–water partition coefficient (Wildman–Crippen LogP) is 5.95. The van der Waals surface area contributed by atoms with Gasteiger partial charge in [-0.1, -0.05) is 48.4 Å². The van der Waals surface area contributed by atoms with Gasteiger partial charge in [-0.3, -0.25) is 20.6 Å². The number of benzene rings is 2. The molecule has 1 saturated heterocycles. The summed E-state index contributed by atoms with van der Waals surface area (Å²) in [6, 6.07) is 22.4. The number of nitrogens with zero attached hydrogens (tertiary/aromatic N) is 5. The molecule has 43 heavy (non-hydrogen) atoms. The molecule has 2 heterocycles. The number of piperidine rings is 1. The molecule has 1 aliphatic heterocycles. The zero-order chi connectivity index (χ0) is 30.3. The van der Waals surface area contributed by atoms with Gasteiger partial charge in [0.1, 0.15) is 5.75 Å².